The van der Waals surface area contributed by atoms with Crippen molar-refractivity contribution in [1.82, 2.24) is 5.32 Å². The van der Waals surface area contributed by atoms with E-state index in [1.165, 1.54) is 0 Å². The van der Waals surface area contributed by atoms with Crippen LogP contribution in [0.4, 0.5) is 0 Å². The average molecular weight is 159 g/mol. The van der Waals surface area contributed by atoms with E-state index < -0.39 is 0 Å². The lowest BCUT2D eigenvalue weighted by molar-refractivity contribution is -0.121. The molecule has 0 unspecified atom stereocenters. The first-order valence-corrected chi connectivity index (χ1v) is 3.53. The monoisotopic (exact) mass is 159 g/mol. The standard InChI is InChI=1S/C7H13NO3/c1-8-7(10)3-6-11-5-2-4-9/h4H,2-3,5-6H2,1H3,(H,8,10). The first-order valence-electron chi connectivity index (χ1n) is 3.53. The highest BCUT2D eigenvalue weighted by molar-refractivity contribution is 5.75. The number of carbonyl (C=O) groups is 2. The molecule has 4 nitrogen and oxygen atoms in total. The van der Waals surface area contributed by atoms with Crippen LogP contribution < -0.4 is 5.32 Å². The molecule has 0 fully saturated rings. The first kappa shape index (κ1) is 10.1. The Kier molecular flexibility index (Phi) is 6.62. The Morgan fingerprint density at radius 1 is 1.55 bits per heavy atom. The van der Waals surface area contributed by atoms with Gasteiger partial charge in [0.15, 0.2) is 0 Å². The zero-order chi connectivity index (χ0) is 8.53. The van der Waals surface area contributed by atoms with E-state index in [0.29, 0.717) is 26.1 Å². The number of aldehydes is 1. The summed E-state index contributed by atoms with van der Waals surface area (Å²) < 4.78 is 4.95. The molecule has 0 saturated carbocycles. The normalized spacial score (nSPS) is 9.18. The Bertz CT molecular complexity index is 125. The van der Waals surface area contributed by atoms with E-state index in [-0.39, 0.29) is 5.91 Å². The molecule has 0 saturated heterocycles. The van der Waals surface area contributed by atoms with Gasteiger partial charge in [-0.05, 0) is 0 Å². The molecule has 0 rings (SSSR count). The quantitative estimate of drug-likeness (QED) is 0.428. The second-order valence-corrected chi connectivity index (χ2v) is 1.99. The van der Waals surface area contributed by atoms with E-state index in [0.717, 1.165) is 6.29 Å². The van der Waals surface area contributed by atoms with Gasteiger partial charge in [0.05, 0.1) is 13.2 Å². The van der Waals surface area contributed by atoms with Crippen LogP contribution in [0, 0.1) is 0 Å². The van der Waals surface area contributed by atoms with Crippen molar-refractivity contribution in [2.24, 2.45) is 0 Å². The van der Waals surface area contributed by atoms with Gasteiger partial charge in [-0.3, -0.25) is 4.79 Å². The molecule has 0 aromatic heterocycles. The molecule has 1 amide bonds. The summed E-state index contributed by atoms with van der Waals surface area (Å²) >= 11 is 0. The van der Waals surface area contributed by atoms with Crippen LogP contribution in [0.3, 0.4) is 0 Å². The summed E-state index contributed by atoms with van der Waals surface area (Å²) in [6.07, 6.45) is 1.54. The van der Waals surface area contributed by atoms with Gasteiger partial charge in [-0.15, -0.1) is 0 Å². The van der Waals surface area contributed by atoms with Crippen LogP contribution in [0.15, 0.2) is 0 Å². The second kappa shape index (κ2) is 7.21. The third-order valence-electron chi connectivity index (χ3n) is 1.13. The maximum atomic E-state index is 10.6. The van der Waals surface area contributed by atoms with Gasteiger partial charge in [-0.25, -0.2) is 0 Å². The van der Waals surface area contributed by atoms with Gasteiger partial charge in [0.1, 0.15) is 6.29 Å². The van der Waals surface area contributed by atoms with Crippen molar-refractivity contribution in [3.05, 3.63) is 0 Å². The summed E-state index contributed by atoms with van der Waals surface area (Å²) in [6, 6.07) is 0. The largest absolute Gasteiger partial charge is 0.380 e. The van der Waals surface area contributed by atoms with Crippen molar-refractivity contribution in [3.8, 4) is 0 Å². The predicted octanol–water partition coefficient (Wildman–Crippen LogP) is -0.272. The Labute approximate surface area is 65.9 Å². The van der Waals surface area contributed by atoms with Crippen molar-refractivity contribution in [3.63, 3.8) is 0 Å². The lowest BCUT2D eigenvalue weighted by atomic mass is 10.4. The molecule has 0 aromatic rings. The molecule has 0 radical (unpaired) electrons. The summed E-state index contributed by atoms with van der Waals surface area (Å²) in [6.45, 7) is 0.786. The molecule has 4 heteroatoms. The highest BCUT2D eigenvalue weighted by Crippen LogP contribution is 1.83. The molecule has 0 aliphatic rings. The van der Waals surface area contributed by atoms with E-state index in [1.807, 2.05) is 0 Å². The molecular formula is C7H13NO3. The fourth-order valence-corrected chi connectivity index (χ4v) is 0.523. The lowest BCUT2D eigenvalue weighted by Gasteiger charge is -1.99. The van der Waals surface area contributed by atoms with Gasteiger partial charge in [-0.2, -0.15) is 0 Å². The van der Waals surface area contributed by atoms with Crippen LogP contribution in [0.1, 0.15) is 12.8 Å². The highest BCUT2D eigenvalue weighted by atomic mass is 16.5. The first-order chi connectivity index (χ1) is 5.31. The molecule has 0 aliphatic heterocycles. The van der Waals surface area contributed by atoms with Crippen molar-refractivity contribution in [2.45, 2.75) is 12.8 Å². The number of amides is 1. The van der Waals surface area contributed by atoms with Gasteiger partial charge in [0, 0.05) is 19.9 Å². The predicted molar refractivity (Wildman–Crippen MR) is 40.2 cm³/mol. The van der Waals surface area contributed by atoms with Crippen LogP contribution >= 0.6 is 0 Å². The lowest BCUT2D eigenvalue weighted by Crippen LogP contribution is -2.19. The number of hydrogen-bond donors (Lipinski definition) is 1. The maximum Gasteiger partial charge on any atom is 0.222 e. The van der Waals surface area contributed by atoms with Crippen LogP contribution in [-0.2, 0) is 14.3 Å². The Balaban J connectivity index is 3.01. The van der Waals surface area contributed by atoms with Crippen molar-refractivity contribution >= 4 is 12.2 Å². The average Bonchev–Trinajstić information content (AvgIpc) is 2.04. The fraction of sp³-hybridized carbons (Fsp3) is 0.714. The third kappa shape index (κ3) is 6.99. The van der Waals surface area contributed by atoms with E-state index >= 15 is 0 Å². The number of rotatable bonds is 6. The van der Waals surface area contributed by atoms with Gasteiger partial charge in [0.2, 0.25) is 5.91 Å². The van der Waals surface area contributed by atoms with E-state index in [1.54, 1.807) is 7.05 Å². The van der Waals surface area contributed by atoms with Crippen LogP contribution in [0.25, 0.3) is 0 Å². The van der Waals surface area contributed by atoms with Gasteiger partial charge in [-0.1, -0.05) is 0 Å². The summed E-state index contributed by atoms with van der Waals surface area (Å²) in [5, 5.41) is 2.47. The van der Waals surface area contributed by atoms with Crippen LogP contribution in [0.5, 0.6) is 0 Å². The third-order valence-corrected chi connectivity index (χ3v) is 1.13. The molecule has 1 N–H and O–H groups in total. The summed E-state index contributed by atoms with van der Waals surface area (Å²) in [5.41, 5.74) is 0. The molecule has 0 spiro atoms. The van der Waals surface area contributed by atoms with Crippen molar-refractivity contribution < 1.29 is 14.3 Å². The SMILES string of the molecule is CNC(=O)CCOCCC=O. The molecule has 0 heterocycles. The van der Waals surface area contributed by atoms with E-state index in [9.17, 15) is 9.59 Å². The number of ether oxygens (including phenoxy) is 1. The van der Waals surface area contributed by atoms with E-state index in [2.05, 4.69) is 5.32 Å². The molecule has 0 atom stereocenters. The molecule has 0 aromatic carbocycles. The molecule has 64 valence electrons. The Morgan fingerprint density at radius 2 is 2.27 bits per heavy atom. The zero-order valence-electron chi connectivity index (χ0n) is 6.63. The van der Waals surface area contributed by atoms with Gasteiger partial charge in [0.25, 0.3) is 0 Å². The van der Waals surface area contributed by atoms with Crippen LogP contribution in [0.2, 0.25) is 0 Å². The zero-order valence-corrected chi connectivity index (χ0v) is 6.63. The smallest absolute Gasteiger partial charge is 0.222 e. The summed E-state index contributed by atoms with van der Waals surface area (Å²) in [5.74, 6) is -0.0453. The number of nitrogens with one attached hydrogen (secondary N) is 1. The highest BCUT2D eigenvalue weighted by Gasteiger charge is 1.95. The van der Waals surface area contributed by atoms with E-state index in [4.69, 9.17) is 4.74 Å². The molecular weight excluding hydrogens is 146 g/mol. The number of hydrogen-bond acceptors (Lipinski definition) is 3. The Morgan fingerprint density at radius 3 is 2.82 bits per heavy atom. The molecule has 0 bridgehead atoms. The summed E-state index contributed by atoms with van der Waals surface area (Å²) in [4.78, 5) is 20.4. The minimum atomic E-state index is -0.0453. The number of carbonyl (C=O) groups excluding carboxylic acids is 2. The maximum absolute atomic E-state index is 10.6. The minimum Gasteiger partial charge on any atom is -0.380 e. The minimum absolute atomic E-state index is 0.0453. The fourth-order valence-electron chi connectivity index (χ4n) is 0.523. The van der Waals surface area contributed by atoms with Gasteiger partial charge >= 0.3 is 0 Å². The van der Waals surface area contributed by atoms with Crippen molar-refractivity contribution in [2.75, 3.05) is 20.3 Å². The topological polar surface area (TPSA) is 55.4 Å². The second-order valence-electron chi connectivity index (χ2n) is 1.99. The Hall–Kier alpha value is -0.900. The van der Waals surface area contributed by atoms with Crippen LogP contribution in [-0.4, -0.2) is 32.5 Å². The van der Waals surface area contributed by atoms with Crippen molar-refractivity contribution in [1.29, 1.82) is 0 Å². The summed E-state index contributed by atoms with van der Waals surface area (Å²) in [7, 11) is 1.58. The molecule has 11 heavy (non-hydrogen) atoms. The van der Waals surface area contributed by atoms with Gasteiger partial charge < -0.3 is 14.8 Å². The molecule has 0 aliphatic carbocycles.